The van der Waals surface area contributed by atoms with Crippen LogP contribution in [0.2, 0.25) is 0 Å². The van der Waals surface area contributed by atoms with Crippen molar-refractivity contribution in [1.29, 1.82) is 0 Å². The van der Waals surface area contributed by atoms with Crippen molar-refractivity contribution < 1.29 is 24.2 Å². The van der Waals surface area contributed by atoms with Crippen LogP contribution in [0.15, 0.2) is 48.5 Å². The first kappa shape index (κ1) is 23.0. The van der Waals surface area contributed by atoms with Gasteiger partial charge in [0.05, 0.1) is 12.5 Å². The quantitative estimate of drug-likeness (QED) is 0.684. The summed E-state index contributed by atoms with van der Waals surface area (Å²) in [5, 5.41) is 10.0. The maximum absolute atomic E-state index is 12.9. The summed E-state index contributed by atoms with van der Waals surface area (Å²) in [6.45, 7) is 5.45. The summed E-state index contributed by atoms with van der Waals surface area (Å²) in [6.07, 6.45) is 1.14. The van der Waals surface area contributed by atoms with Gasteiger partial charge in [-0.15, -0.1) is 0 Å². The van der Waals surface area contributed by atoms with E-state index in [1.165, 1.54) is 0 Å². The number of ether oxygens (including phenoxy) is 1. The van der Waals surface area contributed by atoms with Crippen LogP contribution in [0.3, 0.4) is 0 Å². The van der Waals surface area contributed by atoms with Crippen molar-refractivity contribution in [2.75, 3.05) is 26.2 Å². The predicted molar refractivity (Wildman–Crippen MR) is 123 cm³/mol. The van der Waals surface area contributed by atoms with Crippen molar-refractivity contribution in [1.82, 2.24) is 9.80 Å². The summed E-state index contributed by atoms with van der Waals surface area (Å²) < 4.78 is 5.22. The molecule has 0 radical (unpaired) electrons. The van der Waals surface area contributed by atoms with Gasteiger partial charge < -0.3 is 19.6 Å². The molecule has 0 atom stereocenters. The normalized spacial score (nSPS) is 17.1. The average molecular weight is 451 g/mol. The molecule has 4 rings (SSSR count). The number of carbonyl (C=O) groups excluding carboxylic acids is 3. The highest BCUT2D eigenvalue weighted by molar-refractivity contribution is 5.95. The Balaban J connectivity index is 1.36. The van der Waals surface area contributed by atoms with Gasteiger partial charge in [-0.1, -0.05) is 36.4 Å². The topological polar surface area (TPSA) is 87.2 Å². The molecule has 0 spiro atoms. The SMILES string of the molecule is CC(C)OC(=O)Cc1cccc(-c2ccc(C(=O)N3CCN(C(=O)C4(O)CC4)CC3)cc2)c1. The Morgan fingerprint density at radius 1 is 0.939 bits per heavy atom. The van der Waals surface area contributed by atoms with Gasteiger partial charge in [0.25, 0.3) is 11.8 Å². The number of benzene rings is 2. The van der Waals surface area contributed by atoms with E-state index in [0.717, 1.165) is 16.7 Å². The number of carbonyl (C=O) groups is 3. The summed E-state index contributed by atoms with van der Waals surface area (Å²) in [5.41, 5.74) is 2.24. The van der Waals surface area contributed by atoms with E-state index >= 15 is 0 Å². The fraction of sp³-hybridized carbons (Fsp3) is 0.423. The second-order valence-electron chi connectivity index (χ2n) is 9.11. The molecule has 2 amide bonds. The van der Waals surface area contributed by atoms with E-state index in [2.05, 4.69) is 0 Å². The van der Waals surface area contributed by atoms with Crippen molar-refractivity contribution in [3.8, 4) is 11.1 Å². The molecule has 2 fully saturated rings. The first-order chi connectivity index (χ1) is 15.7. The molecule has 2 aromatic carbocycles. The van der Waals surface area contributed by atoms with E-state index in [0.29, 0.717) is 44.6 Å². The minimum Gasteiger partial charge on any atom is -0.463 e. The first-order valence-electron chi connectivity index (χ1n) is 11.4. The Labute approximate surface area is 193 Å². The molecule has 1 aliphatic carbocycles. The molecular weight excluding hydrogens is 420 g/mol. The Morgan fingerprint density at radius 2 is 1.58 bits per heavy atom. The van der Waals surface area contributed by atoms with E-state index in [4.69, 9.17) is 4.74 Å². The smallest absolute Gasteiger partial charge is 0.310 e. The van der Waals surface area contributed by atoms with Gasteiger partial charge in [-0.3, -0.25) is 14.4 Å². The molecule has 7 nitrogen and oxygen atoms in total. The Hall–Kier alpha value is -3.19. The second-order valence-corrected chi connectivity index (χ2v) is 9.11. The van der Waals surface area contributed by atoms with Gasteiger partial charge in [-0.05, 0) is 55.5 Å². The summed E-state index contributed by atoms with van der Waals surface area (Å²) in [6, 6.07) is 15.2. The standard InChI is InChI=1S/C26H30N2O5/c1-18(2)33-23(29)17-19-4-3-5-22(16-19)20-6-8-21(9-7-20)24(30)27-12-14-28(15-13-27)25(31)26(32)10-11-26/h3-9,16,18,32H,10-15,17H2,1-2H3. The summed E-state index contributed by atoms with van der Waals surface area (Å²) in [4.78, 5) is 40.6. The van der Waals surface area contributed by atoms with Crippen molar-refractivity contribution in [2.45, 2.75) is 44.8 Å². The van der Waals surface area contributed by atoms with Gasteiger partial charge in [0.1, 0.15) is 5.60 Å². The molecule has 0 aromatic heterocycles. The highest BCUT2D eigenvalue weighted by Gasteiger charge is 2.50. The number of amides is 2. The molecule has 7 heteroatoms. The molecule has 1 aliphatic heterocycles. The molecule has 1 N–H and O–H groups in total. The van der Waals surface area contributed by atoms with Crippen LogP contribution in [0.4, 0.5) is 0 Å². The number of rotatable bonds is 6. The average Bonchev–Trinajstić information content (AvgIpc) is 3.56. The summed E-state index contributed by atoms with van der Waals surface area (Å²) in [5.74, 6) is -0.529. The largest absolute Gasteiger partial charge is 0.463 e. The number of aliphatic hydroxyl groups is 1. The number of esters is 1. The van der Waals surface area contributed by atoms with Crippen LogP contribution in [-0.2, 0) is 20.7 Å². The van der Waals surface area contributed by atoms with Gasteiger partial charge in [0.2, 0.25) is 0 Å². The lowest BCUT2D eigenvalue weighted by Crippen LogP contribution is -2.53. The molecule has 2 aliphatic rings. The third-order valence-electron chi connectivity index (χ3n) is 6.08. The predicted octanol–water partition coefficient (Wildman–Crippen LogP) is 2.66. The zero-order valence-corrected chi connectivity index (χ0v) is 19.1. The van der Waals surface area contributed by atoms with Crippen LogP contribution in [0.5, 0.6) is 0 Å². The maximum atomic E-state index is 12.9. The van der Waals surface area contributed by atoms with Crippen molar-refractivity contribution in [3.63, 3.8) is 0 Å². The van der Waals surface area contributed by atoms with Crippen molar-refractivity contribution >= 4 is 17.8 Å². The second kappa shape index (κ2) is 9.35. The minimum absolute atomic E-state index is 0.0658. The molecule has 0 unspecified atom stereocenters. The lowest BCUT2D eigenvalue weighted by atomic mass is 10.0. The van der Waals surface area contributed by atoms with Crippen LogP contribution in [0, 0.1) is 0 Å². The number of nitrogens with zero attached hydrogens (tertiary/aromatic N) is 2. The molecule has 2 aromatic rings. The lowest BCUT2D eigenvalue weighted by Gasteiger charge is -2.35. The molecule has 0 bridgehead atoms. The van der Waals surface area contributed by atoms with E-state index in [1.807, 2.05) is 62.4 Å². The molecule has 33 heavy (non-hydrogen) atoms. The van der Waals surface area contributed by atoms with Crippen LogP contribution >= 0.6 is 0 Å². The molecule has 174 valence electrons. The zero-order chi connectivity index (χ0) is 23.6. The molecular formula is C26H30N2O5. The van der Waals surface area contributed by atoms with Crippen LogP contribution < -0.4 is 0 Å². The fourth-order valence-electron chi connectivity index (χ4n) is 4.06. The van der Waals surface area contributed by atoms with Crippen molar-refractivity contribution in [2.24, 2.45) is 0 Å². The molecule has 1 heterocycles. The monoisotopic (exact) mass is 450 g/mol. The zero-order valence-electron chi connectivity index (χ0n) is 19.1. The van der Waals surface area contributed by atoms with Gasteiger partial charge in [0, 0.05) is 31.7 Å². The maximum Gasteiger partial charge on any atom is 0.310 e. The highest BCUT2D eigenvalue weighted by Crippen LogP contribution is 2.37. The number of hydrogen-bond acceptors (Lipinski definition) is 5. The van der Waals surface area contributed by atoms with Crippen molar-refractivity contribution in [3.05, 3.63) is 59.7 Å². The van der Waals surface area contributed by atoms with Gasteiger partial charge >= 0.3 is 5.97 Å². The van der Waals surface area contributed by atoms with Gasteiger partial charge in [0.15, 0.2) is 0 Å². The van der Waals surface area contributed by atoms with E-state index in [9.17, 15) is 19.5 Å². The number of piperazine rings is 1. The van der Waals surface area contributed by atoms with E-state index in [-0.39, 0.29) is 30.3 Å². The Morgan fingerprint density at radius 3 is 2.18 bits per heavy atom. The summed E-state index contributed by atoms with van der Waals surface area (Å²) >= 11 is 0. The lowest BCUT2D eigenvalue weighted by molar-refractivity contribution is -0.146. The minimum atomic E-state index is -1.16. The fourth-order valence-corrected chi connectivity index (χ4v) is 4.06. The Kier molecular flexibility index (Phi) is 6.51. The van der Waals surface area contributed by atoms with E-state index < -0.39 is 5.60 Å². The molecule has 1 saturated heterocycles. The van der Waals surface area contributed by atoms with Gasteiger partial charge in [-0.2, -0.15) is 0 Å². The first-order valence-corrected chi connectivity index (χ1v) is 11.4. The highest BCUT2D eigenvalue weighted by atomic mass is 16.5. The van der Waals surface area contributed by atoms with Gasteiger partial charge in [-0.25, -0.2) is 0 Å². The van der Waals surface area contributed by atoms with Crippen LogP contribution in [0.1, 0.15) is 42.6 Å². The number of hydrogen-bond donors (Lipinski definition) is 1. The van der Waals surface area contributed by atoms with Crippen LogP contribution in [-0.4, -0.2) is 70.6 Å². The molecule has 1 saturated carbocycles. The van der Waals surface area contributed by atoms with Crippen LogP contribution in [0.25, 0.3) is 11.1 Å². The van der Waals surface area contributed by atoms with E-state index in [1.54, 1.807) is 9.80 Å². The Bertz CT molecular complexity index is 1030. The third-order valence-corrected chi connectivity index (χ3v) is 6.08. The third kappa shape index (κ3) is 5.42. The summed E-state index contributed by atoms with van der Waals surface area (Å²) in [7, 11) is 0.